The minimum atomic E-state index is -0.813. The smallest absolute Gasteiger partial charge is 0.342 e. The Hall–Kier alpha value is -3.48. The van der Waals surface area contributed by atoms with Crippen LogP contribution in [0.15, 0.2) is 42.5 Å². The Labute approximate surface area is 148 Å². The summed E-state index contributed by atoms with van der Waals surface area (Å²) in [5.74, 6) is -1.23. The molecular formula is C19H15N3O4. The Morgan fingerprint density at radius 2 is 1.69 bits per heavy atom. The number of aromatic amines is 1. The van der Waals surface area contributed by atoms with Gasteiger partial charge in [0, 0.05) is 5.92 Å². The van der Waals surface area contributed by atoms with Crippen molar-refractivity contribution in [2.75, 3.05) is 0 Å². The number of amides is 2. The molecule has 0 bridgehead atoms. The molecule has 0 fully saturated rings. The maximum absolute atomic E-state index is 12.6. The summed E-state index contributed by atoms with van der Waals surface area (Å²) in [6, 6.07) is 11.4. The summed E-state index contributed by atoms with van der Waals surface area (Å²) in [5, 5.41) is 0.502. The van der Waals surface area contributed by atoms with E-state index in [0.29, 0.717) is 16.1 Å². The zero-order chi connectivity index (χ0) is 18.4. The Kier molecular flexibility index (Phi) is 3.57. The molecule has 2 heterocycles. The van der Waals surface area contributed by atoms with Crippen molar-refractivity contribution in [1.29, 1.82) is 0 Å². The van der Waals surface area contributed by atoms with Crippen LogP contribution in [0, 0.1) is 0 Å². The molecule has 2 aromatic carbocycles. The average Bonchev–Trinajstić information content (AvgIpc) is 3.18. The maximum atomic E-state index is 12.6. The topological polar surface area (TPSA) is 92.4 Å². The van der Waals surface area contributed by atoms with Gasteiger partial charge in [-0.3, -0.25) is 9.59 Å². The van der Waals surface area contributed by atoms with Crippen molar-refractivity contribution < 1.29 is 19.2 Å². The van der Waals surface area contributed by atoms with Crippen LogP contribution < -0.4 is 0 Å². The molecule has 7 nitrogen and oxygen atoms in total. The molecule has 0 unspecified atom stereocenters. The molecule has 1 aromatic heterocycles. The average molecular weight is 349 g/mol. The van der Waals surface area contributed by atoms with E-state index in [1.54, 1.807) is 30.3 Å². The summed E-state index contributed by atoms with van der Waals surface area (Å²) in [6.45, 7) is 3.96. The number of para-hydroxylation sites is 1. The van der Waals surface area contributed by atoms with Crippen molar-refractivity contribution in [2.24, 2.45) is 0 Å². The van der Waals surface area contributed by atoms with E-state index in [4.69, 9.17) is 4.84 Å². The van der Waals surface area contributed by atoms with Gasteiger partial charge < -0.3 is 9.82 Å². The molecule has 0 radical (unpaired) electrons. The van der Waals surface area contributed by atoms with Crippen LogP contribution in [0.25, 0.3) is 11.0 Å². The number of benzene rings is 2. The molecule has 1 N–H and O–H groups in total. The van der Waals surface area contributed by atoms with Crippen LogP contribution in [0.4, 0.5) is 0 Å². The number of hydrogen-bond acceptors (Lipinski definition) is 5. The standard InChI is InChI=1S/C19H15N3O4/c1-10(2)16-20-14-9-5-8-13(15(14)21-16)19(25)26-22-17(23)11-6-3-4-7-12(11)18(22)24/h3-10H,1-2H3,(H,20,21). The summed E-state index contributed by atoms with van der Waals surface area (Å²) < 4.78 is 0. The van der Waals surface area contributed by atoms with Crippen molar-refractivity contribution >= 4 is 28.8 Å². The summed E-state index contributed by atoms with van der Waals surface area (Å²) in [4.78, 5) is 50.0. The molecule has 26 heavy (non-hydrogen) atoms. The van der Waals surface area contributed by atoms with Crippen molar-refractivity contribution in [3.8, 4) is 0 Å². The molecule has 0 spiro atoms. The Morgan fingerprint density at radius 1 is 1.04 bits per heavy atom. The molecule has 0 saturated carbocycles. The van der Waals surface area contributed by atoms with Gasteiger partial charge in [-0.15, -0.1) is 0 Å². The van der Waals surface area contributed by atoms with E-state index in [1.165, 1.54) is 12.1 Å². The fraction of sp³-hybridized carbons (Fsp3) is 0.158. The number of nitrogens with zero attached hydrogens (tertiary/aromatic N) is 2. The molecule has 0 atom stereocenters. The van der Waals surface area contributed by atoms with Gasteiger partial charge in [-0.05, 0) is 24.3 Å². The first-order valence-electron chi connectivity index (χ1n) is 8.16. The van der Waals surface area contributed by atoms with Gasteiger partial charge in [-0.1, -0.05) is 37.1 Å². The van der Waals surface area contributed by atoms with E-state index in [0.717, 1.165) is 5.82 Å². The zero-order valence-electron chi connectivity index (χ0n) is 14.1. The highest BCUT2D eigenvalue weighted by Crippen LogP contribution is 2.25. The lowest BCUT2D eigenvalue weighted by atomic mass is 10.1. The van der Waals surface area contributed by atoms with Gasteiger partial charge in [-0.25, -0.2) is 9.78 Å². The summed E-state index contributed by atoms with van der Waals surface area (Å²) in [7, 11) is 0. The molecule has 3 aromatic rings. The van der Waals surface area contributed by atoms with Gasteiger partial charge in [0.2, 0.25) is 0 Å². The van der Waals surface area contributed by atoms with E-state index >= 15 is 0 Å². The molecule has 0 saturated heterocycles. The second-order valence-electron chi connectivity index (χ2n) is 6.31. The summed E-state index contributed by atoms with van der Waals surface area (Å²) >= 11 is 0. The van der Waals surface area contributed by atoms with Gasteiger partial charge in [0.1, 0.15) is 11.3 Å². The van der Waals surface area contributed by atoms with E-state index in [1.807, 2.05) is 13.8 Å². The fourth-order valence-electron chi connectivity index (χ4n) is 2.87. The fourth-order valence-corrected chi connectivity index (χ4v) is 2.87. The first-order valence-corrected chi connectivity index (χ1v) is 8.16. The molecule has 130 valence electrons. The molecule has 0 aliphatic carbocycles. The maximum Gasteiger partial charge on any atom is 0.366 e. The molecular weight excluding hydrogens is 334 g/mol. The highest BCUT2D eigenvalue weighted by atomic mass is 16.7. The lowest BCUT2D eigenvalue weighted by Gasteiger charge is -2.12. The predicted molar refractivity (Wildman–Crippen MR) is 92.5 cm³/mol. The number of hydrogen-bond donors (Lipinski definition) is 1. The number of nitrogens with one attached hydrogen (secondary N) is 1. The van der Waals surface area contributed by atoms with Crippen molar-refractivity contribution in [3.63, 3.8) is 0 Å². The van der Waals surface area contributed by atoms with Crippen LogP contribution in [0.3, 0.4) is 0 Å². The predicted octanol–water partition coefficient (Wildman–Crippen LogP) is 3.05. The Balaban J connectivity index is 1.67. The van der Waals surface area contributed by atoms with Crippen LogP contribution in [0.2, 0.25) is 0 Å². The quantitative estimate of drug-likeness (QED) is 0.734. The van der Waals surface area contributed by atoms with Crippen LogP contribution >= 0.6 is 0 Å². The SMILES string of the molecule is CC(C)c1nc2c(C(=O)ON3C(=O)c4ccccc4C3=O)cccc2[nH]1. The summed E-state index contributed by atoms with van der Waals surface area (Å²) in [5.41, 5.74) is 1.74. The molecule has 1 aliphatic heterocycles. The third kappa shape index (κ3) is 2.36. The lowest BCUT2D eigenvalue weighted by Crippen LogP contribution is -2.32. The van der Waals surface area contributed by atoms with Gasteiger partial charge in [0.05, 0.1) is 22.2 Å². The van der Waals surface area contributed by atoms with Gasteiger partial charge in [0.15, 0.2) is 0 Å². The van der Waals surface area contributed by atoms with Gasteiger partial charge in [-0.2, -0.15) is 0 Å². The number of aromatic nitrogens is 2. The lowest BCUT2D eigenvalue weighted by molar-refractivity contribution is -0.0583. The zero-order valence-corrected chi connectivity index (χ0v) is 14.1. The molecule has 2 amide bonds. The van der Waals surface area contributed by atoms with Crippen molar-refractivity contribution in [3.05, 3.63) is 65.0 Å². The minimum Gasteiger partial charge on any atom is -0.342 e. The second kappa shape index (κ2) is 5.80. The summed E-state index contributed by atoms with van der Waals surface area (Å²) in [6.07, 6.45) is 0. The number of carbonyl (C=O) groups is 3. The largest absolute Gasteiger partial charge is 0.366 e. The normalized spacial score (nSPS) is 13.6. The van der Waals surface area contributed by atoms with Gasteiger partial charge >= 0.3 is 5.97 Å². The third-order valence-corrected chi connectivity index (χ3v) is 4.23. The first-order chi connectivity index (χ1) is 12.5. The number of rotatable bonds is 3. The van der Waals surface area contributed by atoms with Crippen LogP contribution in [0.1, 0.15) is 56.7 Å². The van der Waals surface area contributed by atoms with Crippen molar-refractivity contribution in [2.45, 2.75) is 19.8 Å². The second-order valence-corrected chi connectivity index (χ2v) is 6.31. The van der Waals surface area contributed by atoms with E-state index in [-0.39, 0.29) is 22.6 Å². The number of imidazole rings is 1. The van der Waals surface area contributed by atoms with Crippen LogP contribution in [-0.2, 0) is 4.84 Å². The van der Waals surface area contributed by atoms with E-state index in [2.05, 4.69) is 9.97 Å². The van der Waals surface area contributed by atoms with Crippen molar-refractivity contribution in [1.82, 2.24) is 15.0 Å². The first kappa shape index (κ1) is 16.0. The Morgan fingerprint density at radius 3 is 2.31 bits per heavy atom. The van der Waals surface area contributed by atoms with Crippen LogP contribution in [0.5, 0.6) is 0 Å². The number of imide groups is 1. The van der Waals surface area contributed by atoms with Gasteiger partial charge in [0.25, 0.3) is 11.8 Å². The molecule has 1 aliphatic rings. The monoisotopic (exact) mass is 349 g/mol. The van der Waals surface area contributed by atoms with E-state index < -0.39 is 17.8 Å². The van der Waals surface area contributed by atoms with Crippen LogP contribution in [-0.4, -0.2) is 32.8 Å². The van der Waals surface area contributed by atoms with E-state index in [9.17, 15) is 14.4 Å². The number of hydroxylamine groups is 2. The highest BCUT2D eigenvalue weighted by molar-refractivity contribution is 6.21. The number of H-pyrrole nitrogens is 1. The minimum absolute atomic E-state index is 0.155. The number of carbonyl (C=O) groups excluding carboxylic acids is 3. The Bertz CT molecular complexity index is 1030. The molecule has 7 heteroatoms. The third-order valence-electron chi connectivity index (χ3n) is 4.23. The highest BCUT2D eigenvalue weighted by Gasteiger charge is 2.39. The molecule has 4 rings (SSSR count). The number of fused-ring (bicyclic) bond motifs is 2.